The summed E-state index contributed by atoms with van der Waals surface area (Å²) in [5.74, 6) is 2.43. The summed E-state index contributed by atoms with van der Waals surface area (Å²) >= 11 is 3.69. The topological polar surface area (TPSA) is 47.0 Å². The molecule has 116 valence electrons. The SMILES string of the molecule is CNc1nc(CC2CCCCO2)nc(C2CCCC2)c1Br. The quantitative estimate of drug-likeness (QED) is 0.886. The van der Waals surface area contributed by atoms with Crippen molar-refractivity contribution in [3.8, 4) is 0 Å². The highest BCUT2D eigenvalue weighted by molar-refractivity contribution is 9.10. The van der Waals surface area contributed by atoms with Crippen molar-refractivity contribution < 1.29 is 4.74 Å². The maximum atomic E-state index is 5.84. The van der Waals surface area contributed by atoms with Crippen LogP contribution < -0.4 is 5.32 Å². The molecule has 0 aromatic carbocycles. The molecule has 1 aliphatic carbocycles. The first-order valence-corrected chi connectivity index (χ1v) is 8.93. The molecule has 1 saturated heterocycles. The Bertz CT molecular complexity index is 483. The Morgan fingerprint density at radius 3 is 2.57 bits per heavy atom. The number of halogens is 1. The molecular weight excluding hydrogens is 330 g/mol. The van der Waals surface area contributed by atoms with E-state index in [2.05, 4.69) is 26.2 Å². The first-order chi connectivity index (χ1) is 10.3. The number of hydrogen-bond donors (Lipinski definition) is 1. The molecule has 1 atom stereocenters. The number of nitrogens with zero attached hydrogens (tertiary/aromatic N) is 2. The lowest BCUT2D eigenvalue weighted by atomic mass is 10.0. The summed E-state index contributed by atoms with van der Waals surface area (Å²) in [7, 11) is 1.92. The van der Waals surface area contributed by atoms with E-state index in [1.54, 1.807) is 0 Å². The Labute approximate surface area is 135 Å². The van der Waals surface area contributed by atoms with Gasteiger partial charge in [0.15, 0.2) is 0 Å². The Morgan fingerprint density at radius 1 is 1.14 bits per heavy atom. The van der Waals surface area contributed by atoms with Crippen LogP contribution in [0.3, 0.4) is 0 Å². The Hall–Kier alpha value is -0.680. The minimum Gasteiger partial charge on any atom is -0.378 e. The number of rotatable bonds is 4. The van der Waals surface area contributed by atoms with Crippen LogP contribution in [0.5, 0.6) is 0 Å². The molecule has 0 spiro atoms. The molecule has 3 rings (SSSR count). The molecule has 1 unspecified atom stereocenters. The fourth-order valence-corrected chi connectivity index (χ4v) is 4.11. The summed E-state index contributed by atoms with van der Waals surface area (Å²) in [6.07, 6.45) is 9.84. The molecule has 1 N–H and O–H groups in total. The highest BCUT2D eigenvalue weighted by Crippen LogP contribution is 2.38. The molecule has 21 heavy (non-hydrogen) atoms. The fraction of sp³-hybridized carbons (Fsp3) is 0.750. The molecule has 4 nitrogen and oxygen atoms in total. The molecule has 2 aliphatic rings. The molecule has 1 saturated carbocycles. The molecule has 1 aromatic heterocycles. The third-order valence-corrected chi connectivity index (χ3v) is 5.37. The van der Waals surface area contributed by atoms with Crippen molar-refractivity contribution in [1.29, 1.82) is 0 Å². The zero-order valence-corrected chi connectivity index (χ0v) is 14.3. The lowest BCUT2D eigenvalue weighted by Crippen LogP contribution is -2.23. The summed E-state index contributed by atoms with van der Waals surface area (Å²) in [6.45, 7) is 0.884. The monoisotopic (exact) mass is 353 g/mol. The van der Waals surface area contributed by atoms with Crippen molar-refractivity contribution >= 4 is 21.7 Å². The number of ether oxygens (including phenoxy) is 1. The summed E-state index contributed by atoms with van der Waals surface area (Å²) in [6, 6.07) is 0. The predicted molar refractivity (Wildman–Crippen MR) is 87.8 cm³/mol. The second-order valence-electron chi connectivity index (χ2n) is 6.11. The molecule has 2 fully saturated rings. The van der Waals surface area contributed by atoms with Crippen LogP contribution in [0.1, 0.15) is 62.4 Å². The van der Waals surface area contributed by atoms with E-state index in [-0.39, 0.29) is 0 Å². The fourth-order valence-electron chi connectivity index (χ4n) is 3.41. The van der Waals surface area contributed by atoms with E-state index in [0.717, 1.165) is 35.6 Å². The highest BCUT2D eigenvalue weighted by atomic mass is 79.9. The lowest BCUT2D eigenvalue weighted by molar-refractivity contribution is 0.0156. The molecule has 1 aromatic rings. The number of nitrogens with one attached hydrogen (secondary N) is 1. The van der Waals surface area contributed by atoms with Crippen molar-refractivity contribution in [2.45, 2.75) is 63.4 Å². The number of aromatic nitrogens is 2. The zero-order chi connectivity index (χ0) is 14.7. The summed E-state index contributed by atoms with van der Waals surface area (Å²) in [5.41, 5.74) is 1.19. The third kappa shape index (κ3) is 3.57. The van der Waals surface area contributed by atoms with E-state index >= 15 is 0 Å². The van der Waals surface area contributed by atoms with Crippen LogP contribution in [0.25, 0.3) is 0 Å². The highest BCUT2D eigenvalue weighted by Gasteiger charge is 2.25. The maximum Gasteiger partial charge on any atom is 0.144 e. The van der Waals surface area contributed by atoms with Gasteiger partial charge in [-0.05, 0) is 48.0 Å². The Kier molecular flexibility index (Phi) is 5.11. The van der Waals surface area contributed by atoms with Gasteiger partial charge in [0.1, 0.15) is 11.6 Å². The minimum absolute atomic E-state index is 0.293. The molecular formula is C16H24BrN3O. The Balaban J connectivity index is 1.83. The molecule has 1 aliphatic heterocycles. The first kappa shape index (κ1) is 15.2. The van der Waals surface area contributed by atoms with E-state index in [4.69, 9.17) is 9.72 Å². The van der Waals surface area contributed by atoms with E-state index in [1.807, 2.05) is 7.05 Å². The van der Waals surface area contributed by atoms with Crippen LogP contribution in [0.4, 0.5) is 5.82 Å². The summed E-state index contributed by atoms with van der Waals surface area (Å²) < 4.78 is 6.89. The van der Waals surface area contributed by atoms with E-state index in [1.165, 1.54) is 44.2 Å². The third-order valence-electron chi connectivity index (χ3n) is 4.59. The van der Waals surface area contributed by atoms with Gasteiger partial charge in [0, 0.05) is 26.0 Å². The zero-order valence-electron chi connectivity index (χ0n) is 12.7. The van der Waals surface area contributed by atoms with Gasteiger partial charge < -0.3 is 10.1 Å². The molecule has 2 heterocycles. The van der Waals surface area contributed by atoms with Gasteiger partial charge >= 0.3 is 0 Å². The average molecular weight is 354 g/mol. The van der Waals surface area contributed by atoms with Gasteiger partial charge in [0.2, 0.25) is 0 Å². The van der Waals surface area contributed by atoms with Crippen LogP contribution in [0, 0.1) is 0 Å². The summed E-state index contributed by atoms with van der Waals surface area (Å²) in [4.78, 5) is 9.55. The maximum absolute atomic E-state index is 5.84. The van der Waals surface area contributed by atoms with E-state index < -0.39 is 0 Å². The number of anilines is 1. The van der Waals surface area contributed by atoms with Crippen molar-refractivity contribution in [3.05, 3.63) is 16.0 Å². The van der Waals surface area contributed by atoms with E-state index in [0.29, 0.717) is 12.0 Å². The molecule has 0 radical (unpaired) electrons. The van der Waals surface area contributed by atoms with Gasteiger partial charge in [-0.1, -0.05) is 12.8 Å². The summed E-state index contributed by atoms with van der Waals surface area (Å²) in [5, 5.41) is 3.20. The second kappa shape index (κ2) is 7.05. The minimum atomic E-state index is 0.293. The smallest absolute Gasteiger partial charge is 0.144 e. The predicted octanol–water partition coefficient (Wildman–Crippen LogP) is 4.05. The van der Waals surface area contributed by atoms with Crippen molar-refractivity contribution in [2.24, 2.45) is 0 Å². The second-order valence-corrected chi connectivity index (χ2v) is 6.90. The molecule has 0 amide bonds. The largest absolute Gasteiger partial charge is 0.378 e. The van der Waals surface area contributed by atoms with Gasteiger partial charge in [-0.25, -0.2) is 9.97 Å². The van der Waals surface area contributed by atoms with Gasteiger partial charge in [-0.15, -0.1) is 0 Å². The Morgan fingerprint density at radius 2 is 1.90 bits per heavy atom. The van der Waals surface area contributed by atoms with Crippen molar-refractivity contribution in [1.82, 2.24) is 9.97 Å². The van der Waals surface area contributed by atoms with Crippen LogP contribution in [0.15, 0.2) is 4.47 Å². The van der Waals surface area contributed by atoms with Gasteiger partial charge in [0.25, 0.3) is 0 Å². The van der Waals surface area contributed by atoms with Crippen molar-refractivity contribution in [3.63, 3.8) is 0 Å². The lowest BCUT2D eigenvalue weighted by Gasteiger charge is -2.23. The van der Waals surface area contributed by atoms with Crippen LogP contribution in [-0.4, -0.2) is 29.7 Å². The van der Waals surface area contributed by atoms with Gasteiger partial charge in [-0.2, -0.15) is 0 Å². The van der Waals surface area contributed by atoms with Crippen LogP contribution in [-0.2, 0) is 11.2 Å². The average Bonchev–Trinajstić information content (AvgIpc) is 3.04. The molecule has 0 bridgehead atoms. The standard InChI is InChI=1S/C16H24BrN3O/c1-18-16-14(17)15(11-6-2-3-7-11)19-13(20-16)10-12-8-4-5-9-21-12/h11-12H,2-10H2,1H3,(H,18,19,20). The normalized spacial score (nSPS) is 23.4. The van der Waals surface area contributed by atoms with Gasteiger partial charge in [-0.3, -0.25) is 0 Å². The van der Waals surface area contributed by atoms with Crippen LogP contribution in [0.2, 0.25) is 0 Å². The van der Waals surface area contributed by atoms with Crippen LogP contribution >= 0.6 is 15.9 Å². The van der Waals surface area contributed by atoms with E-state index in [9.17, 15) is 0 Å². The first-order valence-electron chi connectivity index (χ1n) is 8.13. The number of hydrogen-bond acceptors (Lipinski definition) is 4. The van der Waals surface area contributed by atoms with Crippen molar-refractivity contribution in [2.75, 3.05) is 19.0 Å². The van der Waals surface area contributed by atoms with Gasteiger partial charge in [0.05, 0.1) is 16.3 Å². The molecule has 5 heteroatoms.